The number of aliphatic hydroxyl groups excluding tert-OH is 1. The predicted octanol–water partition coefficient (Wildman–Crippen LogP) is 2.17. The molecule has 0 aliphatic carbocycles. The van der Waals surface area contributed by atoms with Crippen molar-refractivity contribution in [3.8, 4) is 0 Å². The van der Waals surface area contributed by atoms with Crippen LogP contribution in [0, 0.1) is 0 Å². The fourth-order valence-electron chi connectivity index (χ4n) is 1.02. The van der Waals surface area contributed by atoms with Crippen molar-refractivity contribution in [3.05, 3.63) is 25.0 Å². The van der Waals surface area contributed by atoms with E-state index in [0.717, 1.165) is 6.42 Å². The Hall–Kier alpha value is -0.760. The maximum Gasteiger partial charge on any atom is 0.124 e. The number of hydrogen-bond donors (Lipinski definition) is 2. The molecule has 2 nitrogen and oxygen atoms in total. The van der Waals surface area contributed by atoms with Crippen LogP contribution in [0.15, 0.2) is 25.0 Å². The Labute approximate surface area is 67.9 Å². The monoisotopic (exact) mass is 156 g/mol. The first-order chi connectivity index (χ1) is 5.06. The van der Waals surface area contributed by atoms with Crippen LogP contribution in [-0.2, 0) is 0 Å². The molecule has 2 heteroatoms. The van der Waals surface area contributed by atoms with E-state index in [1.54, 1.807) is 6.08 Å². The van der Waals surface area contributed by atoms with Crippen molar-refractivity contribution in [1.82, 2.24) is 0 Å². The van der Waals surface area contributed by atoms with Gasteiger partial charge < -0.3 is 10.2 Å². The van der Waals surface area contributed by atoms with E-state index in [0.29, 0.717) is 12.8 Å². The number of hydrogen-bond acceptors (Lipinski definition) is 2. The topological polar surface area (TPSA) is 40.5 Å². The highest BCUT2D eigenvalue weighted by molar-refractivity contribution is 5.06. The minimum absolute atomic E-state index is 0.167. The van der Waals surface area contributed by atoms with Crippen molar-refractivity contribution in [2.75, 3.05) is 0 Å². The summed E-state index contributed by atoms with van der Waals surface area (Å²) in [5.41, 5.74) is -1.16. The van der Waals surface area contributed by atoms with Crippen LogP contribution in [0.2, 0.25) is 0 Å². The van der Waals surface area contributed by atoms with Crippen LogP contribution in [0.5, 0.6) is 0 Å². The molecule has 0 heterocycles. The fraction of sp³-hybridized carbons (Fsp3) is 0.556. The molecule has 0 aliphatic heterocycles. The van der Waals surface area contributed by atoms with Gasteiger partial charge in [-0.05, 0) is 6.42 Å². The largest absolute Gasteiger partial charge is 0.510 e. The first kappa shape index (κ1) is 10.2. The molecule has 0 amide bonds. The molecule has 11 heavy (non-hydrogen) atoms. The molecule has 0 aliphatic rings. The molecule has 0 aromatic carbocycles. The van der Waals surface area contributed by atoms with Gasteiger partial charge in [0.25, 0.3) is 0 Å². The molecule has 1 atom stereocenters. The Morgan fingerprint density at radius 1 is 1.64 bits per heavy atom. The van der Waals surface area contributed by atoms with E-state index in [-0.39, 0.29) is 5.76 Å². The maximum atomic E-state index is 9.67. The van der Waals surface area contributed by atoms with E-state index in [2.05, 4.69) is 13.2 Å². The lowest BCUT2D eigenvalue weighted by Crippen LogP contribution is -2.29. The summed E-state index contributed by atoms with van der Waals surface area (Å²) in [5, 5.41) is 18.7. The van der Waals surface area contributed by atoms with Gasteiger partial charge in [0.15, 0.2) is 0 Å². The molecular formula is C9H16O2. The van der Waals surface area contributed by atoms with Gasteiger partial charge in [0.2, 0.25) is 0 Å². The lowest BCUT2D eigenvalue weighted by atomic mass is 9.92. The molecule has 0 rings (SSSR count). The Bertz CT molecular complexity index is 152. The predicted molar refractivity (Wildman–Crippen MR) is 46.4 cm³/mol. The number of aliphatic hydroxyl groups is 2. The zero-order valence-corrected chi connectivity index (χ0v) is 7.01. The quantitative estimate of drug-likeness (QED) is 0.473. The van der Waals surface area contributed by atoms with Gasteiger partial charge in [0.05, 0.1) is 0 Å². The van der Waals surface area contributed by atoms with Gasteiger partial charge in [0.1, 0.15) is 11.4 Å². The summed E-state index contributed by atoms with van der Waals surface area (Å²) >= 11 is 0. The maximum absolute atomic E-state index is 9.67. The third-order valence-corrected chi connectivity index (χ3v) is 1.68. The van der Waals surface area contributed by atoms with Crippen molar-refractivity contribution in [3.63, 3.8) is 0 Å². The van der Waals surface area contributed by atoms with Gasteiger partial charge in [-0.3, -0.25) is 0 Å². The van der Waals surface area contributed by atoms with E-state index in [1.165, 1.54) is 0 Å². The normalized spacial score (nSPS) is 15.5. The molecule has 0 aromatic heterocycles. The summed E-state index contributed by atoms with van der Waals surface area (Å²) in [5.74, 6) is -0.167. The second-order valence-corrected chi connectivity index (χ2v) is 2.72. The van der Waals surface area contributed by atoms with E-state index in [4.69, 9.17) is 5.11 Å². The van der Waals surface area contributed by atoms with Crippen molar-refractivity contribution in [1.29, 1.82) is 0 Å². The molecule has 0 saturated carbocycles. The van der Waals surface area contributed by atoms with Crippen LogP contribution in [0.1, 0.15) is 26.2 Å². The standard InChI is InChI=1S/C9H16O2/c1-4-6-9(11,7-5-2)8(3)10/h4,10-11H,1,3,5-7H2,2H3. The molecule has 2 N–H and O–H groups in total. The van der Waals surface area contributed by atoms with Gasteiger partial charge in [-0.2, -0.15) is 0 Å². The van der Waals surface area contributed by atoms with Gasteiger partial charge in [-0.1, -0.05) is 26.0 Å². The first-order valence-electron chi connectivity index (χ1n) is 3.78. The van der Waals surface area contributed by atoms with Crippen LogP contribution in [0.3, 0.4) is 0 Å². The SMILES string of the molecule is C=CCC(O)(CCC)C(=C)O. The van der Waals surface area contributed by atoms with Crippen molar-refractivity contribution in [2.45, 2.75) is 31.8 Å². The summed E-state index contributed by atoms with van der Waals surface area (Å²) < 4.78 is 0. The van der Waals surface area contributed by atoms with E-state index in [9.17, 15) is 5.11 Å². The summed E-state index contributed by atoms with van der Waals surface area (Å²) in [7, 11) is 0. The fourth-order valence-corrected chi connectivity index (χ4v) is 1.02. The van der Waals surface area contributed by atoms with Crippen molar-refractivity contribution in [2.24, 2.45) is 0 Å². The molecule has 1 unspecified atom stereocenters. The van der Waals surface area contributed by atoms with Gasteiger partial charge in [-0.15, -0.1) is 6.58 Å². The van der Waals surface area contributed by atoms with Gasteiger partial charge in [-0.25, -0.2) is 0 Å². The van der Waals surface area contributed by atoms with Gasteiger partial charge in [0, 0.05) is 6.42 Å². The molecule has 0 bridgehead atoms. The zero-order chi connectivity index (χ0) is 8.91. The first-order valence-corrected chi connectivity index (χ1v) is 3.78. The van der Waals surface area contributed by atoms with Crippen LogP contribution in [0.25, 0.3) is 0 Å². The Kier molecular flexibility index (Phi) is 3.90. The third kappa shape index (κ3) is 2.76. The average Bonchev–Trinajstić information content (AvgIpc) is 1.88. The summed E-state index contributed by atoms with van der Waals surface area (Å²) in [6.07, 6.45) is 3.27. The highest BCUT2D eigenvalue weighted by Crippen LogP contribution is 2.23. The lowest BCUT2D eigenvalue weighted by Gasteiger charge is -2.24. The molecule has 0 spiro atoms. The minimum atomic E-state index is -1.16. The smallest absolute Gasteiger partial charge is 0.124 e. The molecule has 64 valence electrons. The second kappa shape index (κ2) is 4.19. The van der Waals surface area contributed by atoms with E-state index >= 15 is 0 Å². The second-order valence-electron chi connectivity index (χ2n) is 2.72. The third-order valence-electron chi connectivity index (χ3n) is 1.68. The molecule has 0 aromatic rings. The summed E-state index contributed by atoms with van der Waals surface area (Å²) in [6.45, 7) is 8.76. The Morgan fingerprint density at radius 2 is 2.18 bits per heavy atom. The molecule has 0 radical (unpaired) electrons. The summed E-state index contributed by atoms with van der Waals surface area (Å²) in [4.78, 5) is 0. The highest BCUT2D eigenvalue weighted by atomic mass is 16.3. The summed E-state index contributed by atoms with van der Waals surface area (Å²) in [6, 6.07) is 0. The molecule has 0 saturated heterocycles. The van der Waals surface area contributed by atoms with Crippen LogP contribution in [0.4, 0.5) is 0 Å². The highest BCUT2D eigenvalue weighted by Gasteiger charge is 2.27. The molecule has 0 fully saturated rings. The van der Waals surface area contributed by atoms with Crippen molar-refractivity contribution < 1.29 is 10.2 Å². The Morgan fingerprint density at radius 3 is 2.45 bits per heavy atom. The van der Waals surface area contributed by atoms with Crippen LogP contribution < -0.4 is 0 Å². The number of rotatable bonds is 5. The molecular weight excluding hydrogens is 140 g/mol. The lowest BCUT2D eigenvalue weighted by molar-refractivity contribution is 0.0303. The zero-order valence-electron chi connectivity index (χ0n) is 7.01. The minimum Gasteiger partial charge on any atom is -0.510 e. The van der Waals surface area contributed by atoms with Crippen LogP contribution in [-0.4, -0.2) is 15.8 Å². The van der Waals surface area contributed by atoms with Gasteiger partial charge >= 0.3 is 0 Å². The van der Waals surface area contributed by atoms with E-state index < -0.39 is 5.60 Å². The van der Waals surface area contributed by atoms with Crippen molar-refractivity contribution >= 4 is 0 Å². The average molecular weight is 156 g/mol. The Balaban J connectivity index is 4.24. The van der Waals surface area contributed by atoms with Crippen LogP contribution >= 0.6 is 0 Å². The van der Waals surface area contributed by atoms with E-state index in [1.807, 2.05) is 6.92 Å².